The Morgan fingerprint density at radius 2 is 2.36 bits per heavy atom. The SMILES string of the molecule is COC(=O)c1ccc(Cl)c(NCO)c1. The number of nitrogens with one attached hydrogen (secondary N) is 1. The second kappa shape index (κ2) is 4.83. The van der Waals surface area contributed by atoms with Crippen molar-refractivity contribution in [1.82, 2.24) is 0 Å². The van der Waals surface area contributed by atoms with Crippen LogP contribution >= 0.6 is 11.6 Å². The number of aliphatic hydroxyl groups excluding tert-OH is 1. The third kappa shape index (κ3) is 2.37. The van der Waals surface area contributed by atoms with Crippen molar-refractivity contribution in [3.05, 3.63) is 28.8 Å². The summed E-state index contributed by atoms with van der Waals surface area (Å²) >= 11 is 5.80. The number of benzene rings is 1. The Bertz CT molecular complexity index is 341. The van der Waals surface area contributed by atoms with Gasteiger partial charge in [0.05, 0.1) is 23.4 Å². The summed E-state index contributed by atoms with van der Waals surface area (Å²) < 4.78 is 4.54. The van der Waals surface area contributed by atoms with Crippen LogP contribution in [0.1, 0.15) is 10.4 Å². The zero-order chi connectivity index (χ0) is 10.6. The van der Waals surface area contributed by atoms with E-state index in [1.54, 1.807) is 12.1 Å². The van der Waals surface area contributed by atoms with Crippen molar-refractivity contribution in [2.45, 2.75) is 0 Å². The van der Waals surface area contributed by atoms with Crippen LogP contribution < -0.4 is 5.32 Å². The molecule has 0 bridgehead atoms. The second-order valence-electron chi connectivity index (χ2n) is 2.52. The molecule has 1 rings (SSSR count). The van der Waals surface area contributed by atoms with Gasteiger partial charge in [-0.2, -0.15) is 0 Å². The molecule has 0 saturated heterocycles. The minimum Gasteiger partial charge on any atom is -0.465 e. The van der Waals surface area contributed by atoms with Crippen molar-refractivity contribution in [2.24, 2.45) is 0 Å². The first kappa shape index (κ1) is 10.8. The van der Waals surface area contributed by atoms with E-state index in [0.29, 0.717) is 16.3 Å². The van der Waals surface area contributed by atoms with Gasteiger partial charge in [-0.1, -0.05) is 11.6 Å². The van der Waals surface area contributed by atoms with Gasteiger partial charge < -0.3 is 15.2 Å². The Morgan fingerprint density at radius 1 is 1.64 bits per heavy atom. The molecule has 76 valence electrons. The zero-order valence-corrected chi connectivity index (χ0v) is 8.34. The molecule has 0 amide bonds. The largest absolute Gasteiger partial charge is 0.465 e. The van der Waals surface area contributed by atoms with Crippen molar-refractivity contribution in [1.29, 1.82) is 0 Å². The first-order chi connectivity index (χ1) is 6.69. The molecule has 0 aliphatic carbocycles. The molecule has 0 saturated carbocycles. The molecule has 2 N–H and O–H groups in total. The molecule has 4 nitrogen and oxygen atoms in total. The average molecular weight is 216 g/mol. The standard InChI is InChI=1S/C9H10ClNO3/c1-14-9(13)6-2-3-7(10)8(4-6)11-5-12/h2-4,11-12H,5H2,1H3. The number of rotatable bonds is 3. The van der Waals surface area contributed by atoms with E-state index in [-0.39, 0.29) is 6.73 Å². The van der Waals surface area contributed by atoms with Crippen molar-refractivity contribution in [2.75, 3.05) is 19.2 Å². The molecular weight excluding hydrogens is 206 g/mol. The monoisotopic (exact) mass is 215 g/mol. The topological polar surface area (TPSA) is 58.6 Å². The predicted octanol–water partition coefficient (Wildman–Crippen LogP) is 1.49. The minimum absolute atomic E-state index is 0.246. The molecule has 0 aliphatic heterocycles. The first-order valence-corrected chi connectivity index (χ1v) is 4.29. The highest BCUT2D eigenvalue weighted by atomic mass is 35.5. The van der Waals surface area contributed by atoms with E-state index in [1.807, 2.05) is 0 Å². The maximum absolute atomic E-state index is 11.1. The summed E-state index contributed by atoms with van der Waals surface area (Å²) in [6, 6.07) is 4.63. The van der Waals surface area contributed by atoms with Crippen LogP contribution in [0, 0.1) is 0 Å². The van der Waals surface area contributed by atoms with Crippen LogP contribution in [0.2, 0.25) is 5.02 Å². The molecule has 0 aromatic heterocycles. The fraction of sp³-hybridized carbons (Fsp3) is 0.222. The maximum atomic E-state index is 11.1. The Morgan fingerprint density at radius 3 is 2.93 bits per heavy atom. The lowest BCUT2D eigenvalue weighted by molar-refractivity contribution is 0.0601. The number of methoxy groups -OCH3 is 1. The highest BCUT2D eigenvalue weighted by molar-refractivity contribution is 6.33. The Kier molecular flexibility index (Phi) is 3.73. The smallest absolute Gasteiger partial charge is 0.337 e. The molecule has 1 aromatic carbocycles. The number of ether oxygens (including phenoxy) is 1. The van der Waals surface area contributed by atoms with Gasteiger partial charge in [-0.3, -0.25) is 0 Å². The number of hydrogen-bond acceptors (Lipinski definition) is 4. The third-order valence-electron chi connectivity index (χ3n) is 1.66. The minimum atomic E-state index is -0.442. The molecule has 0 atom stereocenters. The fourth-order valence-electron chi connectivity index (χ4n) is 0.991. The van der Waals surface area contributed by atoms with Crippen LogP contribution in [0.4, 0.5) is 5.69 Å². The molecule has 0 fully saturated rings. The van der Waals surface area contributed by atoms with Crippen LogP contribution in [0.5, 0.6) is 0 Å². The fourth-order valence-corrected chi connectivity index (χ4v) is 1.18. The summed E-state index contributed by atoms with van der Waals surface area (Å²) in [4.78, 5) is 11.1. The quantitative estimate of drug-likeness (QED) is 0.593. The molecule has 14 heavy (non-hydrogen) atoms. The number of halogens is 1. The van der Waals surface area contributed by atoms with Gasteiger partial charge in [-0.05, 0) is 18.2 Å². The number of aliphatic hydroxyl groups is 1. The molecule has 1 aromatic rings. The molecule has 0 unspecified atom stereocenters. The molecule has 0 aliphatic rings. The van der Waals surface area contributed by atoms with Crippen LogP contribution in [-0.4, -0.2) is 24.9 Å². The molecule has 0 radical (unpaired) electrons. The van der Waals surface area contributed by atoms with Gasteiger partial charge in [0.25, 0.3) is 0 Å². The van der Waals surface area contributed by atoms with E-state index in [0.717, 1.165) is 0 Å². The van der Waals surface area contributed by atoms with Gasteiger partial charge in [0.15, 0.2) is 0 Å². The Hall–Kier alpha value is -1.26. The van der Waals surface area contributed by atoms with E-state index in [4.69, 9.17) is 16.7 Å². The summed E-state index contributed by atoms with van der Waals surface area (Å²) in [5.74, 6) is -0.442. The summed E-state index contributed by atoms with van der Waals surface area (Å²) in [7, 11) is 1.30. The number of esters is 1. The second-order valence-corrected chi connectivity index (χ2v) is 2.93. The maximum Gasteiger partial charge on any atom is 0.337 e. The molecule has 5 heteroatoms. The van der Waals surface area contributed by atoms with Gasteiger partial charge in [0, 0.05) is 0 Å². The van der Waals surface area contributed by atoms with E-state index in [9.17, 15) is 4.79 Å². The Balaban J connectivity index is 2.99. The van der Waals surface area contributed by atoms with Crippen LogP contribution in [-0.2, 0) is 4.74 Å². The summed E-state index contributed by atoms with van der Waals surface area (Å²) in [6.45, 7) is -0.246. The molecule has 0 heterocycles. The average Bonchev–Trinajstić information content (AvgIpc) is 2.20. The van der Waals surface area contributed by atoms with E-state index >= 15 is 0 Å². The molecular formula is C9H10ClNO3. The summed E-state index contributed by atoms with van der Waals surface area (Å²) in [6.07, 6.45) is 0. The van der Waals surface area contributed by atoms with Crippen molar-refractivity contribution in [3.8, 4) is 0 Å². The van der Waals surface area contributed by atoms with Gasteiger partial charge in [-0.15, -0.1) is 0 Å². The lowest BCUT2D eigenvalue weighted by atomic mass is 10.2. The number of hydrogen-bond donors (Lipinski definition) is 2. The lowest BCUT2D eigenvalue weighted by Gasteiger charge is -2.06. The van der Waals surface area contributed by atoms with Crippen LogP contribution in [0.15, 0.2) is 18.2 Å². The Labute approximate surface area is 86.4 Å². The van der Waals surface area contributed by atoms with E-state index < -0.39 is 5.97 Å². The lowest BCUT2D eigenvalue weighted by Crippen LogP contribution is -2.04. The third-order valence-corrected chi connectivity index (χ3v) is 1.99. The van der Waals surface area contributed by atoms with Crippen LogP contribution in [0.3, 0.4) is 0 Å². The van der Waals surface area contributed by atoms with Crippen LogP contribution in [0.25, 0.3) is 0 Å². The van der Waals surface area contributed by atoms with Gasteiger partial charge in [0.2, 0.25) is 0 Å². The highest BCUT2D eigenvalue weighted by Gasteiger charge is 2.07. The normalized spacial score (nSPS) is 9.64. The van der Waals surface area contributed by atoms with Crippen molar-refractivity contribution < 1.29 is 14.6 Å². The predicted molar refractivity (Wildman–Crippen MR) is 53.5 cm³/mol. The highest BCUT2D eigenvalue weighted by Crippen LogP contribution is 2.22. The number of anilines is 1. The van der Waals surface area contributed by atoms with Gasteiger partial charge in [-0.25, -0.2) is 4.79 Å². The number of carbonyl (C=O) groups is 1. The van der Waals surface area contributed by atoms with E-state index in [1.165, 1.54) is 13.2 Å². The van der Waals surface area contributed by atoms with Gasteiger partial charge >= 0.3 is 5.97 Å². The summed E-state index contributed by atoms with van der Waals surface area (Å²) in [5, 5.41) is 11.7. The number of carbonyl (C=O) groups excluding carboxylic acids is 1. The van der Waals surface area contributed by atoms with Crippen molar-refractivity contribution >= 4 is 23.3 Å². The van der Waals surface area contributed by atoms with Crippen molar-refractivity contribution in [3.63, 3.8) is 0 Å². The summed E-state index contributed by atoms with van der Waals surface area (Å²) in [5.41, 5.74) is 0.880. The zero-order valence-electron chi connectivity index (χ0n) is 7.58. The first-order valence-electron chi connectivity index (χ1n) is 3.91. The molecule has 0 spiro atoms. The van der Waals surface area contributed by atoms with Gasteiger partial charge in [0.1, 0.15) is 6.73 Å². The van der Waals surface area contributed by atoms with E-state index in [2.05, 4.69) is 10.1 Å².